The predicted molar refractivity (Wildman–Crippen MR) is 109 cm³/mol. The molecule has 1 unspecified atom stereocenters. The van der Waals surface area contributed by atoms with E-state index in [1.165, 1.54) is 0 Å². The van der Waals surface area contributed by atoms with E-state index in [9.17, 15) is 4.79 Å². The van der Waals surface area contributed by atoms with Crippen LogP contribution in [-0.4, -0.2) is 30.0 Å². The molecule has 0 radical (unpaired) electrons. The molecule has 28 heavy (non-hydrogen) atoms. The Labute approximate surface area is 170 Å². The molecule has 4 rings (SSSR count). The fourth-order valence-electron chi connectivity index (χ4n) is 2.94. The number of aromatic nitrogens is 5. The van der Waals surface area contributed by atoms with Crippen LogP contribution in [0.25, 0.3) is 5.69 Å². The van der Waals surface area contributed by atoms with Gasteiger partial charge >= 0.3 is 0 Å². The van der Waals surface area contributed by atoms with Gasteiger partial charge in [-0.2, -0.15) is 10.2 Å². The Balaban J connectivity index is 1.43. The highest BCUT2D eigenvalue weighted by Gasteiger charge is 2.14. The standard InChI is InChI=1S/C20H19BrN6O/c1-15(16-5-4-6-18(11-16)25-8-2-3-9-25)23-20(28)19-7-10-26(24-19)14-27-13-17(21)12-22-27/h2-13,15H,14H2,1H3,(H,23,28). The summed E-state index contributed by atoms with van der Waals surface area (Å²) < 4.78 is 6.33. The normalized spacial score (nSPS) is 12.1. The van der Waals surface area contributed by atoms with Crippen molar-refractivity contribution in [3.63, 3.8) is 0 Å². The highest BCUT2D eigenvalue weighted by atomic mass is 79.9. The second kappa shape index (κ2) is 7.85. The lowest BCUT2D eigenvalue weighted by Crippen LogP contribution is -2.27. The van der Waals surface area contributed by atoms with Gasteiger partial charge in [-0.3, -0.25) is 9.48 Å². The molecule has 1 N–H and O–H groups in total. The average molecular weight is 439 g/mol. The zero-order chi connectivity index (χ0) is 19.5. The third kappa shape index (κ3) is 4.07. The van der Waals surface area contributed by atoms with E-state index in [0.717, 1.165) is 15.7 Å². The molecule has 1 amide bonds. The van der Waals surface area contributed by atoms with Crippen molar-refractivity contribution in [2.75, 3.05) is 0 Å². The Hall–Kier alpha value is -3.13. The van der Waals surface area contributed by atoms with Gasteiger partial charge in [0.2, 0.25) is 0 Å². The molecule has 0 aliphatic rings. The number of nitrogens with one attached hydrogen (secondary N) is 1. The Bertz CT molecular complexity index is 1080. The molecule has 142 valence electrons. The first kappa shape index (κ1) is 18.2. The summed E-state index contributed by atoms with van der Waals surface area (Å²) in [6.45, 7) is 2.40. The summed E-state index contributed by atoms with van der Waals surface area (Å²) in [5.41, 5.74) is 2.46. The maximum Gasteiger partial charge on any atom is 0.272 e. The SMILES string of the molecule is CC(NC(=O)c1ccn(Cn2cc(Br)cn2)n1)c1cccc(-n2cccc2)c1. The molecule has 0 aliphatic heterocycles. The Morgan fingerprint density at radius 1 is 1.14 bits per heavy atom. The molecule has 4 aromatic rings. The van der Waals surface area contributed by atoms with Crippen LogP contribution in [0.4, 0.5) is 0 Å². The molecule has 0 saturated heterocycles. The quantitative estimate of drug-likeness (QED) is 0.499. The first-order valence-corrected chi connectivity index (χ1v) is 9.63. The van der Waals surface area contributed by atoms with Gasteiger partial charge in [-0.1, -0.05) is 12.1 Å². The number of hydrogen-bond acceptors (Lipinski definition) is 3. The van der Waals surface area contributed by atoms with Gasteiger partial charge in [0.25, 0.3) is 5.91 Å². The fourth-order valence-corrected chi connectivity index (χ4v) is 3.27. The molecule has 1 atom stereocenters. The molecule has 3 heterocycles. The van der Waals surface area contributed by atoms with Crippen LogP contribution in [0.1, 0.15) is 29.0 Å². The van der Waals surface area contributed by atoms with Crippen LogP contribution < -0.4 is 5.32 Å². The van der Waals surface area contributed by atoms with Gasteiger partial charge in [-0.25, -0.2) is 4.68 Å². The van der Waals surface area contributed by atoms with Crippen LogP contribution >= 0.6 is 15.9 Å². The number of benzene rings is 1. The Kier molecular flexibility index (Phi) is 5.12. The zero-order valence-corrected chi connectivity index (χ0v) is 16.8. The largest absolute Gasteiger partial charge is 0.344 e. The number of halogens is 1. The lowest BCUT2D eigenvalue weighted by molar-refractivity contribution is 0.0934. The van der Waals surface area contributed by atoms with Crippen molar-refractivity contribution < 1.29 is 4.79 Å². The van der Waals surface area contributed by atoms with Crippen molar-refractivity contribution >= 4 is 21.8 Å². The van der Waals surface area contributed by atoms with Crippen molar-refractivity contribution in [3.8, 4) is 5.69 Å². The van der Waals surface area contributed by atoms with E-state index in [-0.39, 0.29) is 11.9 Å². The number of nitrogens with zero attached hydrogens (tertiary/aromatic N) is 5. The molecule has 7 nitrogen and oxygen atoms in total. The predicted octanol–water partition coefficient (Wildman–Crippen LogP) is 3.63. The van der Waals surface area contributed by atoms with Crippen molar-refractivity contribution in [1.29, 1.82) is 0 Å². The molecule has 1 aromatic carbocycles. The van der Waals surface area contributed by atoms with Gasteiger partial charge in [0, 0.05) is 30.5 Å². The fraction of sp³-hybridized carbons (Fsp3) is 0.150. The smallest absolute Gasteiger partial charge is 0.272 e. The van der Waals surface area contributed by atoms with Crippen LogP contribution in [0.2, 0.25) is 0 Å². The minimum Gasteiger partial charge on any atom is -0.344 e. The molecule has 0 aliphatic carbocycles. The van der Waals surface area contributed by atoms with Crippen molar-refractivity contribution in [3.05, 3.63) is 89.2 Å². The summed E-state index contributed by atoms with van der Waals surface area (Å²) in [6.07, 6.45) is 9.31. The number of hydrogen-bond donors (Lipinski definition) is 1. The lowest BCUT2D eigenvalue weighted by atomic mass is 10.1. The van der Waals surface area contributed by atoms with E-state index in [2.05, 4.69) is 37.5 Å². The first-order chi connectivity index (χ1) is 13.6. The second-order valence-electron chi connectivity index (χ2n) is 6.46. The molecule has 0 fully saturated rings. The van der Waals surface area contributed by atoms with Crippen molar-refractivity contribution in [1.82, 2.24) is 29.4 Å². The number of rotatable bonds is 6. The van der Waals surface area contributed by atoms with E-state index in [1.54, 1.807) is 27.8 Å². The molecule has 0 bridgehead atoms. The van der Waals surface area contributed by atoms with Gasteiger partial charge in [-0.15, -0.1) is 0 Å². The van der Waals surface area contributed by atoms with Crippen LogP contribution in [0, 0.1) is 0 Å². The highest BCUT2D eigenvalue weighted by molar-refractivity contribution is 9.10. The molecular weight excluding hydrogens is 420 g/mol. The molecule has 0 saturated carbocycles. The zero-order valence-electron chi connectivity index (χ0n) is 15.2. The maximum absolute atomic E-state index is 12.6. The summed E-state index contributed by atoms with van der Waals surface area (Å²) in [6, 6.07) is 13.6. The van der Waals surface area contributed by atoms with E-state index in [4.69, 9.17) is 0 Å². The molecular formula is C20H19BrN6O. The summed E-state index contributed by atoms with van der Waals surface area (Å²) in [5, 5.41) is 11.5. The van der Waals surface area contributed by atoms with Gasteiger partial charge in [0.1, 0.15) is 12.4 Å². The van der Waals surface area contributed by atoms with Gasteiger partial charge in [0.05, 0.1) is 16.7 Å². The van der Waals surface area contributed by atoms with E-state index >= 15 is 0 Å². The third-order valence-corrected chi connectivity index (χ3v) is 4.79. The molecule has 0 spiro atoms. The summed E-state index contributed by atoms with van der Waals surface area (Å²) in [7, 11) is 0. The van der Waals surface area contributed by atoms with Crippen LogP contribution in [0.5, 0.6) is 0 Å². The monoisotopic (exact) mass is 438 g/mol. The summed E-state index contributed by atoms with van der Waals surface area (Å²) >= 11 is 3.36. The second-order valence-corrected chi connectivity index (χ2v) is 7.38. The number of amides is 1. The van der Waals surface area contributed by atoms with E-state index in [0.29, 0.717) is 12.4 Å². The van der Waals surface area contributed by atoms with Crippen molar-refractivity contribution in [2.45, 2.75) is 19.6 Å². The van der Waals surface area contributed by atoms with Crippen LogP contribution in [0.15, 0.2) is 77.9 Å². The minimum absolute atomic E-state index is 0.143. The Morgan fingerprint density at radius 2 is 1.96 bits per heavy atom. The first-order valence-electron chi connectivity index (χ1n) is 8.84. The average Bonchev–Trinajstić information content (AvgIpc) is 3.44. The number of carbonyl (C=O) groups is 1. The summed E-state index contributed by atoms with van der Waals surface area (Å²) in [5.74, 6) is -0.209. The third-order valence-electron chi connectivity index (χ3n) is 4.39. The van der Waals surface area contributed by atoms with E-state index in [1.807, 2.05) is 60.4 Å². The van der Waals surface area contributed by atoms with Crippen LogP contribution in [0.3, 0.4) is 0 Å². The molecule has 3 aromatic heterocycles. The van der Waals surface area contributed by atoms with Gasteiger partial charge in [0.15, 0.2) is 0 Å². The van der Waals surface area contributed by atoms with Crippen LogP contribution in [-0.2, 0) is 6.67 Å². The topological polar surface area (TPSA) is 69.7 Å². The number of carbonyl (C=O) groups excluding carboxylic acids is 1. The van der Waals surface area contributed by atoms with Gasteiger partial charge in [-0.05, 0) is 58.7 Å². The van der Waals surface area contributed by atoms with Gasteiger partial charge < -0.3 is 9.88 Å². The summed E-state index contributed by atoms with van der Waals surface area (Å²) in [4.78, 5) is 12.6. The van der Waals surface area contributed by atoms with Crippen molar-refractivity contribution in [2.24, 2.45) is 0 Å². The lowest BCUT2D eigenvalue weighted by Gasteiger charge is -2.15. The molecule has 8 heteroatoms. The minimum atomic E-state index is -0.209. The highest BCUT2D eigenvalue weighted by Crippen LogP contribution is 2.17. The van der Waals surface area contributed by atoms with E-state index < -0.39 is 0 Å². The maximum atomic E-state index is 12.6. The Morgan fingerprint density at radius 3 is 2.71 bits per heavy atom.